The molecule has 248 valence electrons. The Bertz CT molecular complexity index is 1730. The molecule has 0 unspecified atom stereocenters. The monoisotopic (exact) mass is 640 g/mol. The molecule has 1 fully saturated rings. The highest BCUT2D eigenvalue weighted by Crippen LogP contribution is 2.38. The lowest BCUT2D eigenvalue weighted by Gasteiger charge is -2.35. The van der Waals surface area contributed by atoms with E-state index < -0.39 is 12.1 Å². The summed E-state index contributed by atoms with van der Waals surface area (Å²) >= 11 is 0. The van der Waals surface area contributed by atoms with Crippen LogP contribution in [0.2, 0.25) is 0 Å². The van der Waals surface area contributed by atoms with E-state index in [1.165, 1.54) is 0 Å². The third-order valence-electron chi connectivity index (χ3n) is 9.36. The molecule has 0 radical (unpaired) electrons. The summed E-state index contributed by atoms with van der Waals surface area (Å²) in [5.74, 6) is 0.479. The first kappa shape index (κ1) is 32.5. The van der Waals surface area contributed by atoms with Gasteiger partial charge in [0.2, 0.25) is 0 Å². The van der Waals surface area contributed by atoms with Crippen LogP contribution in [0, 0.1) is 5.92 Å². The average Bonchev–Trinajstić information content (AvgIpc) is 3.39. The zero-order valence-corrected chi connectivity index (χ0v) is 27.6. The average molecular weight is 641 g/mol. The summed E-state index contributed by atoms with van der Waals surface area (Å²) in [6.45, 7) is 7.44. The topological polar surface area (TPSA) is 112 Å². The normalized spacial score (nSPS) is 19.5. The van der Waals surface area contributed by atoms with Gasteiger partial charge in [0, 0.05) is 80.6 Å². The number of benzene rings is 2. The number of aliphatic hydroxyl groups is 1. The number of urea groups is 1. The van der Waals surface area contributed by atoms with Crippen LogP contribution in [0.15, 0.2) is 66.9 Å². The highest BCUT2D eigenvalue weighted by Gasteiger charge is 2.34. The second-order valence-corrected chi connectivity index (χ2v) is 12.6. The minimum absolute atomic E-state index is 0.151. The Morgan fingerprint density at radius 2 is 1.87 bits per heavy atom. The molecule has 2 aliphatic rings. The third-order valence-corrected chi connectivity index (χ3v) is 9.36. The van der Waals surface area contributed by atoms with Gasteiger partial charge < -0.3 is 39.2 Å². The van der Waals surface area contributed by atoms with Crippen LogP contribution in [-0.4, -0.2) is 102 Å². The van der Waals surface area contributed by atoms with Crippen molar-refractivity contribution < 1.29 is 24.2 Å². The van der Waals surface area contributed by atoms with Crippen molar-refractivity contribution in [3.05, 3.63) is 78.1 Å². The van der Waals surface area contributed by atoms with Gasteiger partial charge in [0.25, 0.3) is 5.91 Å². The number of aliphatic hydroxyl groups excluding tert-OH is 1. The van der Waals surface area contributed by atoms with Gasteiger partial charge in [-0.2, -0.15) is 0 Å². The van der Waals surface area contributed by atoms with Crippen LogP contribution >= 0.6 is 0 Å². The predicted octanol–water partition coefficient (Wildman–Crippen LogP) is 4.60. The quantitative estimate of drug-likeness (QED) is 0.317. The largest absolute Gasteiger partial charge is 0.394 e. The molecule has 2 aromatic heterocycles. The van der Waals surface area contributed by atoms with E-state index in [0.717, 1.165) is 46.5 Å². The lowest BCUT2D eigenvalue weighted by molar-refractivity contribution is -0.0179. The number of carbonyl (C=O) groups excluding carboxylic acids is 2. The Morgan fingerprint density at radius 3 is 2.66 bits per heavy atom. The summed E-state index contributed by atoms with van der Waals surface area (Å²) in [5.41, 5.74) is 4.94. The van der Waals surface area contributed by atoms with Gasteiger partial charge in [-0.05, 0) is 30.2 Å². The number of amides is 3. The highest BCUT2D eigenvalue weighted by atomic mass is 16.5. The molecule has 1 saturated heterocycles. The molecule has 6 rings (SSSR count). The number of ether oxygens (including phenoxy) is 2. The van der Waals surface area contributed by atoms with Gasteiger partial charge >= 0.3 is 6.03 Å². The number of fused-ring (bicyclic) bond motifs is 5. The van der Waals surface area contributed by atoms with Crippen LogP contribution in [0.5, 0.6) is 0 Å². The standard InChI is InChI=1S/C36H44N6O5/c1-24-20-42(25(2)22-43)35(44)34-33(29-11-7-8-12-30(29)40(34)4)28-10-6-5-9-26(28)23-47-31(24)21-39(3)36(45)38-27-13-14-37-32(19-27)41-15-17-46-18-16-41/h5-14,19,24-25,31,43H,15-18,20-23H2,1-4H3,(H,37,38,45)/t24-,25+,31+/m1/s1. The molecular weight excluding hydrogens is 596 g/mol. The first-order valence-electron chi connectivity index (χ1n) is 16.3. The van der Waals surface area contributed by atoms with E-state index in [-0.39, 0.29) is 24.5 Å². The summed E-state index contributed by atoms with van der Waals surface area (Å²) in [5, 5.41) is 14.3. The smallest absolute Gasteiger partial charge is 0.321 e. The summed E-state index contributed by atoms with van der Waals surface area (Å²) in [7, 11) is 3.67. The number of nitrogens with zero attached hydrogens (tertiary/aromatic N) is 5. The molecule has 4 heterocycles. The van der Waals surface area contributed by atoms with Crippen molar-refractivity contribution in [1.82, 2.24) is 19.4 Å². The Morgan fingerprint density at radius 1 is 1.13 bits per heavy atom. The van der Waals surface area contributed by atoms with Crippen molar-refractivity contribution in [2.75, 3.05) is 63.3 Å². The SMILES string of the molecule is C[C@@H]1CN([C@@H](C)CO)C(=O)c2c(c3ccccc3n2C)-c2ccccc2CO[C@H]1CN(C)C(=O)Nc1ccnc(N2CCOCC2)c1. The number of nitrogens with one attached hydrogen (secondary N) is 1. The lowest BCUT2D eigenvalue weighted by Crippen LogP contribution is -2.48. The molecule has 11 nitrogen and oxygen atoms in total. The first-order chi connectivity index (χ1) is 22.8. The van der Waals surface area contributed by atoms with Crippen molar-refractivity contribution >= 4 is 34.3 Å². The Hall–Kier alpha value is -4.45. The molecule has 3 atom stereocenters. The minimum atomic E-state index is -0.430. The molecule has 0 spiro atoms. The van der Waals surface area contributed by atoms with Crippen molar-refractivity contribution in [1.29, 1.82) is 0 Å². The first-order valence-corrected chi connectivity index (χ1v) is 16.3. The zero-order valence-electron chi connectivity index (χ0n) is 27.6. The molecule has 2 N–H and O–H groups in total. The molecule has 0 aliphatic carbocycles. The molecule has 0 bridgehead atoms. The number of anilines is 2. The second-order valence-electron chi connectivity index (χ2n) is 12.6. The maximum absolute atomic E-state index is 14.6. The Kier molecular flexibility index (Phi) is 9.76. The number of para-hydroxylation sites is 1. The maximum atomic E-state index is 14.6. The number of rotatable bonds is 6. The molecular formula is C36H44N6O5. The van der Waals surface area contributed by atoms with Crippen molar-refractivity contribution in [2.45, 2.75) is 32.6 Å². The van der Waals surface area contributed by atoms with Gasteiger partial charge in [0.15, 0.2) is 0 Å². The number of likely N-dealkylation sites (N-methyl/N-ethyl adjacent to an activating group) is 1. The minimum Gasteiger partial charge on any atom is -0.394 e. The van der Waals surface area contributed by atoms with Crippen LogP contribution in [0.4, 0.5) is 16.3 Å². The van der Waals surface area contributed by atoms with E-state index in [9.17, 15) is 14.7 Å². The van der Waals surface area contributed by atoms with Gasteiger partial charge in [-0.15, -0.1) is 0 Å². The van der Waals surface area contributed by atoms with Crippen LogP contribution < -0.4 is 10.2 Å². The second kappa shape index (κ2) is 14.1. The van der Waals surface area contributed by atoms with Crippen LogP contribution in [0.1, 0.15) is 29.9 Å². The van der Waals surface area contributed by atoms with E-state index in [4.69, 9.17) is 9.47 Å². The molecule has 11 heteroatoms. The summed E-state index contributed by atoms with van der Waals surface area (Å²) in [4.78, 5) is 38.0. The van der Waals surface area contributed by atoms with Crippen molar-refractivity contribution in [2.24, 2.45) is 13.0 Å². The fraction of sp³-hybridized carbons (Fsp3) is 0.417. The van der Waals surface area contributed by atoms with Gasteiger partial charge in [-0.3, -0.25) is 4.79 Å². The van der Waals surface area contributed by atoms with Gasteiger partial charge in [0.1, 0.15) is 11.5 Å². The molecule has 2 aromatic carbocycles. The summed E-state index contributed by atoms with van der Waals surface area (Å²) in [6.07, 6.45) is 1.29. The lowest BCUT2D eigenvalue weighted by atomic mass is 9.96. The number of hydrogen-bond donors (Lipinski definition) is 2. The van der Waals surface area contributed by atoms with E-state index >= 15 is 0 Å². The van der Waals surface area contributed by atoms with Crippen LogP contribution in [-0.2, 0) is 23.1 Å². The maximum Gasteiger partial charge on any atom is 0.321 e. The highest BCUT2D eigenvalue weighted by molar-refractivity contribution is 6.10. The van der Waals surface area contributed by atoms with Crippen molar-refractivity contribution in [3.63, 3.8) is 0 Å². The Labute approximate surface area is 275 Å². The number of aryl methyl sites for hydroxylation is 1. The van der Waals surface area contributed by atoms with E-state index in [1.54, 1.807) is 29.1 Å². The molecule has 2 aliphatic heterocycles. The van der Waals surface area contributed by atoms with Crippen molar-refractivity contribution in [3.8, 4) is 11.1 Å². The number of aromatic nitrogens is 2. The summed E-state index contributed by atoms with van der Waals surface area (Å²) in [6, 6.07) is 19.0. The number of morpholine rings is 1. The van der Waals surface area contributed by atoms with Gasteiger partial charge in [0.05, 0.1) is 38.6 Å². The fourth-order valence-electron chi connectivity index (χ4n) is 6.56. The zero-order chi connectivity index (χ0) is 33.1. The fourth-order valence-corrected chi connectivity index (χ4v) is 6.56. The molecule has 47 heavy (non-hydrogen) atoms. The molecule has 4 aromatic rings. The predicted molar refractivity (Wildman–Crippen MR) is 183 cm³/mol. The van der Waals surface area contributed by atoms with Gasteiger partial charge in [-0.1, -0.05) is 49.4 Å². The number of carbonyl (C=O) groups is 2. The van der Waals surface area contributed by atoms with E-state index in [0.29, 0.717) is 44.3 Å². The Balaban J connectivity index is 1.29. The summed E-state index contributed by atoms with van der Waals surface area (Å²) < 4.78 is 14.1. The molecule has 0 saturated carbocycles. The third kappa shape index (κ3) is 6.69. The number of hydrogen-bond acceptors (Lipinski definition) is 7. The molecule has 3 amide bonds. The van der Waals surface area contributed by atoms with E-state index in [1.807, 2.05) is 80.1 Å². The number of pyridine rings is 1. The van der Waals surface area contributed by atoms with Crippen LogP contribution in [0.3, 0.4) is 0 Å². The van der Waals surface area contributed by atoms with E-state index in [2.05, 4.69) is 15.2 Å². The van der Waals surface area contributed by atoms with Gasteiger partial charge in [-0.25, -0.2) is 9.78 Å². The van der Waals surface area contributed by atoms with Crippen LogP contribution in [0.25, 0.3) is 22.0 Å².